The standard InChI is InChI=1S/C27H24N2O3/c1-17-15-21(28)7-13-25(17)31-23-9-3-19(4-10-23)27(30)20-5-11-24(12-6-20)32-26-14-8-22(29)16-18(26)2/h3-16H,28-29H2,1-2H3. The molecule has 0 aliphatic carbocycles. The molecule has 5 heteroatoms. The molecule has 0 radical (unpaired) electrons. The van der Waals surface area contributed by atoms with Crippen molar-refractivity contribution in [1.82, 2.24) is 0 Å². The van der Waals surface area contributed by atoms with Crippen molar-refractivity contribution in [2.24, 2.45) is 0 Å². The van der Waals surface area contributed by atoms with Gasteiger partial charge in [-0.05, 0) is 110 Å². The van der Waals surface area contributed by atoms with Gasteiger partial charge in [0.2, 0.25) is 0 Å². The van der Waals surface area contributed by atoms with Gasteiger partial charge in [0, 0.05) is 22.5 Å². The molecule has 0 aliphatic rings. The van der Waals surface area contributed by atoms with E-state index < -0.39 is 0 Å². The molecule has 0 bridgehead atoms. The molecule has 160 valence electrons. The molecular weight excluding hydrogens is 400 g/mol. The summed E-state index contributed by atoms with van der Waals surface area (Å²) in [7, 11) is 0. The minimum atomic E-state index is -0.0737. The van der Waals surface area contributed by atoms with E-state index >= 15 is 0 Å². The van der Waals surface area contributed by atoms with Crippen LogP contribution in [0.5, 0.6) is 23.0 Å². The summed E-state index contributed by atoms with van der Waals surface area (Å²) < 4.78 is 11.8. The van der Waals surface area contributed by atoms with Gasteiger partial charge in [-0.25, -0.2) is 0 Å². The van der Waals surface area contributed by atoms with Crippen LogP contribution in [-0.2, 0) is 0 Å². The van der Waals surface area contributed by atoms with Gasteiger partial charge in [0.1, 0.15) is 23.0 Å². The van der Waals surface area contributed by atoms with Gasteiger partial charge in [0.15, 0.2) is 5.78 Å². The number of hydrogen-bond acceptors (Lipinski definition) is 5. The van der Waals surface area contributed by atoms with E-state index in [9.17, 15) is 4.79 Å². The minimum absolute atomic E-state index is 0.0737. The molecule has 0 aromatic heterocycles. The Morgan fingerprint density at radius 3 is 1.31 bits per heavy atom. The van der Waals surface area contributed by atoms with Crippen molar-refractivity contribution in [3.8, 4) is 23.0 Å². The van der Waals surface area contributed by atoms with Crippen molar-refractivity contribution < 1.29 is 14.3 Å². The second-order valence-corrected chi connectivity index (χ2v) is 7.63. The van der Waals surface area contributed by atoms with E-state index in [-0.39, 0.29) is 5.78 Å². The largest absolute Gasteiger partial charge is 0.457 e. The highest BCUT2D eigenvalue weighted by atomic mass is 16.5. The van der Waals surface area contributed by atoms with E-state index in [1.807, 2.05) is 38.1 Å². The second-order valence-electron chi connectivity index (χ2n) is 7.63. The zero-order chi connectivity index (χ0) is 22.7. The molecule has 0 amide bonds. The van der Waals surface area contributed by atoms with Crippen LogP contribution >= 0.6 is 0 Å². The topological polar surface area (TPSA) is 87.6 Å². The lowest BCUT2D eigenvalue weighted by molar-refractivity contribution is 0.103. The van der Waals surface area contributed by atoms with Crippen LogP contribution in [0.2, 0.25) is 0 Å². The van der Waals surface area contributed by atoms with E-state index in [4.69, 9.17) is 20.9 Å². The van der Waals surface area contributed by atoms with Crippen molar-refractivity contribution in [2.75, 3.05) is 11.5 Å². The fourth-order valence-electron chi connectivity index (χ4n) is 3.34. The van der Waals surface area contributed by atoms with Gasteiger partial charge >= 0.3 is 0 Å². The van der Waals surface area contributed by atoms with Gasteiger partial charge in [0.25, 0.3) is 0 Å². The number of carbonyl (C=O) groups is 1. The third-order valence-corrected chi connectivity index (χ3v) is 5.09. The summed E-state index contributed by atoms with van der Waals surface area (Å²) in [6.45, 7) is 3.87. The molecule has 0 heterocycles. The first-order valence-corrected chi connectivity index (χ1v) is 10.2. The predicted molar refractivity (Wildman–Crippen MR) is 128 cm³/mol. The third kappa shape index (κ3) is 4.73. The van der Waals surface area contributed by atoms with E-state index in [0.29, 0.717) is 34.0 Å². The van der Waals surface area contributed by atoms with Crippen molar-refractivity contribution in [1.29, 1.82) is 0 Å². The number of aryl methyl sites for hydroxylation is 2. The molecular formula is C27H24N2O3. The highest BCUT2D eigenvalue weighted by Crippen LogP contribution is 2.28. The molecule has 0 saturated carbocycles. The molecule has 4 aromatic rings. The highest BCUT2D eigenvalue weighted by Gasteiger charge is 2.11. The van der Waals surface area contributed by atoms with Crippen LogP contribution in [0, 0.1) is 13.8 Å². The third-order valence-electron chi connectivity index (χ3n) is 5.09. The number of benzene rings is 4. The average molecular weight is 425 g/mol. The summed E-state index contributed by atoms with van der Waals surface area (Å²) >= 11 is 0. The maximum absolute atomic E-state index is 12.9. The van der Waals surface area contributed by atoms with Crippen LogP contribution in [0.1, 0.15) is 27.0 Å². The fraction of sp³-hybridized carbons (Fsp3) is 0.0741. The zero-order valence-electron chi connectivity index (χ0n) is 18.0. The molecule has 0 atom stereocenters. The number of anilines is 2. The number of hydrogen-bond donors (Lipinski definition) is 2. The molecule has 4 rings (SSSR count). The predicted octanol–water partition coefficient (Wildman–Crippen LogP) is 6.28. The number of nitrogen functional groups attached to an aromatic ring is 2. The minimum Gasteiger partial charge on any atom is -0.457 e. The van der Waals surface area contributed by atoms with Crippen LogP contribution in [0.4, 0.5) is 11.4 Å². The molecule has 4 aromatic carbocycles. The number of nitrogens with two attached hydrogens (primary N) is 2. The Balaban J connectivity index is 1.44. The van der Waals surface area contributed by atoms with Crippen molar-refractivity contribution >= 4 is 17.2 Å². The van der Waals surface area contributed by atoms with Gasteiger partial charge in [-0.1, -0.05) is 0 Å². The fourth-order valence-corrected chi connectivity index (χ4v) is 3.34. The lowest BCUT2D eigenvalue weighted by Gasteiger charge is -2.11. The quantitative estimate of drug-likeness (QED) is 0.281. The molecule has 5 nitrogen and oxygen atoms in total. The molecule has 4 N–H and O–H groups in total. The van der Waals surface area contributed by atoms with Gasteiger partial charge in [0.05, 0.1) is 0 Å². The Morgan fingerprint density at radius 1 is 0.594 bits per heavy atom. The smallest absolute Gasteiger partial charge is 0.193 e. The monoisotopic (exact) mass is 424 g/mol. The van der Waals surface area contributed by atoms with Crippen molar-refractivity contribution in [3.63, 3.8) is 0 Å². The van der Waals surface area contributed by atoms with Crippen molar-refractivity contribution in [2.45, 2.75) is 13.8 Å². The van der Waals surface area contributed by atoms with Crippen LogP contribution in [0.25, 0.3) is 0 Å². The molecule has 0 saturated heterocycles. The van der Waals surface area contributed by atoms with Crippen LogP contribution in [-0.4, -0.2) is 5.78 Å². The van der Waals surface area contributed by atoms with E-state index in [2.05, 4.69) is 0 Å². The first-order valence-electron chi connectivity index (χ1n) is 10.2. The van der Waals surface area contributed by atoms with Crippen molar-refractivity contribution in [3.05, 3.63) is 107 Å². The van der Waals surface area contributed by atoms with Gasteiger partial charge in [-0.15, -0.1) is 0 Å². The Kier molecular flexibility index (Phi) is 5.81. The SMILES string of the molecule is Cc1cc(N)ccc1Oc1ccc(C(=O)c2ccc(Oc3ccc(N)cc3C)cc2)cc1. The summed E-state index contributed by atoms with van der Waals surface area (Å²) in [5.74, 6) is 2.68. The van der Waals surface area contributed by atoms with Crippen LogP contribution in [0.15, 0.2) is 84.9 Å². The molecule has 0 fully saturated rings. The Morgan fingerprint density at radius 2 is 0.969 bits per heavy atom. The van der Waals surface area contributed by atoms with Gasteiger partial charge in [-0.3, -0.25) is 4.79 Å². The first kappa shape index (κ1) is 21.0. The normalized spacial score (nSPS) is 10.6. The second kappa shape index (κ2) is 8.86. The maximum atomic E-state index is 12.9. The maximum Gasteiger partial charge on any atom is 0.193 e. The summed E-state index contributed by atoms with van der Waals surface area (Å²) in [4.78, 5) is 12.9. The summed E-state index contributed by atoms with van der Waals surface area (Å²) in [5.41, 5.74) is 16.0. The van der Waals surface area contributed by atoms with Crippen LogP contribution < -0.4 is 20.9 Å². The Bertz CT molecular complexity index is 1160. The number of rotatable bonds is 6. The first-order chi connectivity index (χ1) is 15.4. The van der Waals surface area contributed by atoms with Crippen LogP contribution in [0.3, 0.4) is 0 Å². The number of ether oxygens (including phenoxy) is 2. The Labute approximate surface area is 187 Å². The number of ketones is 1. The lowest BCUT2D eigenvalue weighted by atomic mass is 10.0. The molecule has 0 spiro atoms. The van der Waals surface area contributed by atoms with E-state index in [0.717, 1.165) is 22.6 Å². The molecule has 0 aliphatic heterocycles. The lowest BCUT2D eigenvalue weighted by Crippen LogP contribution is -2.01. The number of carbonyl (C=O) groups excluding carboxylic acids is 1. The van der Waals surface area contributed by atoms with E-state index in [1.54, 1.807) is 60.7 Å². The highest BCUT2D eigenvalue weighted by molar-refractivity contribution is 6.09. The van der Waals surface area contributed by atoms with E-state index in [1.165, 1.54) is 0 Å². The summed E-state index contributed by atoms with van der Waals surface area (Å²) in [6, 6.07) is 25.1. The van der Waals surface area contributed by atoms with Gasteiger partial charge in [-0.2, -0.15) is 0 Å². The Hall–Kier alpha value is -4.25. The molecule has 32 heavy (non-hydrogen) atoms. The average Bonchev–Trinajstić information content (AvgIpc) is 2.78. The molecule has 0 unspecified atom stereocenters. The zero-order valence-corrected chi connectivity index (χ0v) is 18.0. The van der Waals surface area contributed by atoms with Gasteiger partial charge < -0.3 is 20.9 Å². The summed E-state index contributed by atoms with van der Waals surface area (Å²) in [6.07, 6.45) is 0. The summed E-state index contributed by atoms with van der Waals surface area (Å²) in [5, 5.41) is 0.